The number of amides is 4. The molecule has 1 aliphatic rings. The van der Waals surface area contributed by atoms with Gasteiger partial charge in [-0.05, 0) is 37.8 Å². The maximum atomic E-state index is 13.4. The van der Waals surface area contributed by atoms with Crippen molar-refractivity contribution in [2.24, 2.45) is 22.2 Å². The number of fused-ring (bicyclic) bond motifs is 1. The Hall–Kier alpha value is -5.17. The number of esters is 1. The summed E-state index contributed by atoms with van der Waals surface area (Å²) in [5, 5.41) is 17.6. The molecular formula is C28H37N9O7. The zero-order valence-corrected chi connectivity index (χ0v) is 24.2. The van der Waals surface area contributed by atoms with Crippen molar-refractivity contribution in [2.75, 3.05) is 13.2 Å². The van der Waals surface area contributed by atoms with Crippen LogP contribution in [0.15, 0.2) is 35.5 Å². The summed E-state index contributed by atoms with van der Waals surface area (Å²) in [6, 6.07) is 5.80. The summed E-state index contributed by atoms with van der Waals surface area (Å²) in [4.78, 5) is 70.6. The lowest BCUT2D eigenvalue weighted by molar-refractivity contribution is -0.144. The van der Waals surface area contributed by atoms with E-state index in [-0.39, 0.29) is 51.2 Å². The number of carbonyl (C=O) groups is 5. The van der Waals surface area contributed by atoms with E-state index in [4.69, 9.17) is 31.9 Å². The third-order valence-electron chi connectivity index (χ3n) is 6.78. The molecule has 16 heteroatoms. The molecule has 0 bridgehead atoms. The molecular weight excluding hydrogens is 574 g/mol. The molecule has 2 heterocycles. The Labute approximate surface area is 253 Å². The number of rotatable bonds is 17. The van der Waals surface area contributed by atoms with Crippen LogP contribution in [-0.2, 0) is 39.9 Å². The fraction of sp³-hybridized carbons (Fsp3) is 0.464. The molecule has 0 aliphatic carbocycles. The van der Waals surface area contributed by atoms with Gasteiger partial charge in [-0.25, -0.2) is 4.79 Å². The quantitative estimate of drug-likeness (QED) is 0.0351. The van der Waals surface area contributed by atoms with Gasteiger partial charge < -0.3 is 47.6 Å². The molecule has 0 spiro atoms. The number of aliphatic imine (C=N–C) groups is 1. The number of guanidine groups is 1. The van der Waals surface area contributed by atoms with Crippen molar-refractivity contribution in [1.29, 1.82) is 5.26 Å². The van der Waals surface area contributed by atoms with Crippen molar-refractivity contribution in [3.05, 3.63) is 36.0 Å². The lowest BCUT2D eigenvalue weighted by atomic mass is 10.0. The van der Waals surface area contributed by atoms with Crippen LogP contribution in [0, 0.1) is 11.3 Å². The molecule has 5 unspecified atom stereocenters. The third kappa shape index (κ3) is 9.42. The van der Waals surface area contributed by atoms with E-state index >= 15 is 0 Å². The zero-order chi connectivity index (χ0) is 32.2. The molecule has 4 amide bonds. The first kappa shape index (κ1) is 33.3. The molecule has 1 aromatic carbocycles. The maximum Gasteiger partial charge on any atom is 0.338 e. The largest absolute Gasteiger partial charge is 0.464 e. The van der Waals surface area contributed by atoms with Gasteiger partial charge in [0, 0.05) is 36.5 Å². The Balaban J connectivity index is 1.73. The number of hydrogen-bond donors (Lipinski definition) is 7. The molecule has 236 valence electrons. The molecule has 1 fully saturated rings. The van der Waals surface area contributed by atoms with Crippen molar-refractivity contribution in [2.45, 2.75) is 69.4 Å². The van der Waals surface area contributed by atoms with Gasteiger partial charge in [0.2, 0.25) is 17.7 Å². The Kier molecular flexibility index (Phi) is 12.0. The van der Waals surface area contributed by atoms with Gasteiger partial charge in [0.25, 0.3) is 5.91 Å². The molecule has 1 aliphatic heterocycles. The fourth-order valence-corrected chi connectivity index (χ4v) is 4.51. The van der Waals surface area contributed by atoms with Gasteiger partial charge in [-0.15, -0.1) is 0 Å². The van der Waals surface area contributed by atoms with Gasteiger partial charge in [0.1, 0.15) is 18.1 Å². The molecule has 1 aromatic heterocycles. The van der Waals surface area contributed by atoms with Crippen molar-refractivity contribution < 1.29 is 33.4 Å². The number of nitrogens with two attached hydrogens (primary N) is 3. The van der Waals surface area contributed by atoms with Crippen LogP contribution in [0.1, 0.15) is 38.2 Å². The highest BCUT2D eigenvalue weighted by atomic mass is 16.6. The van der Waals surface area contributed by atoms with Crippen molar-refractivity contribution in [3.8, 4) is 6.07 Å². The van der Waals surface area contributed by atoms with Crippen LogP contribution >= 0.6 is 0 Å². The van der Waals surface area contributed by atoms with Gasteiger partial charge in [0.15, 0.2) is 18.2 Å². The summed E-state index contributed by atoms with van der Waals surface area (Å²) < 4.78 is 9.93. The van der Waals surface area contributed by atoms with E-state index in [0.29, 0.717) is 0 Å². The standard InChI is InChI=1S/C28H37N9O7/c1-2-43-27(42)22-21(44-22)26(41)36-18(9-5-11-29)24(39)35-19(10-6-12-33-28(31)32)25(40)37-20(23(30)38)13-15-14-34-17-8-4-3-7-16(15)17/h3-4,7-8,14,18-22,34H,2,5-6,9-10,12-13H2,1H3,(H2,30,38)(H,35,39)(H,36,41)(H,37,40)(H4,31,32,33). The van der Waals surface area contributed by atoms with Crippen LogP contribution in [-0.4, -0.2) is 84.0 Å². The number of primary amides is 1. The maximum absolute atomic E-state index is 13.4. The zero-order valence-electron chi connectivity index (χ0n) is 24.2. The molecule has 16 nitrogen and oxygen atoms in total. The number of ether oxygens (including phenoxy) is 2. The molecule has 3 rings (SSSR count). The number of aromatic nitrogens is 1. The summed E-state index contributed by atoms with van der Waals surface area (Å²) in [5.41, 5.74) is 18.0. The van der Waals surface area contributed by atoms with E-state index in [1.807, 2.05) is 30.3 Å². The summed E-state index contributed by atoms with van der Waals surface area (Å²) in [6.45, 7) is 1.86. The Morgan fingerprint density at radius 3 is 2.36 bits per heavy atom. The smallest absolute Gasteiger partial charge is 0.338 e. The molecule has 2 aromatic rings. The number of carbonyl (C=O) groups excluding carboxylic acids is 5. The fourth-order valence-electron chi connectivity index (χ4n) is 4.51. The third-order valence-corrected chi connectivity index (χ3v) is 6.78. The van der Waals surface area contributed by atoms with Crippen LogP contribution in [0.25, 0.3) is 10.9 Å². The first-order chi connectivity index (χ1) is 21.0. The topological polar surface area (TPSA) is 273 Å². The summed E-state index contributed by atoms with van der Waals surface area (Å²) in [7, 11) is 0. The number of aromatic amines is 1. The van der Waals surface area contributed by atoms with E-state index in [1.165, 1.54) is 0 Å². The van der Waals surface area contributed by atoms with E-state index < -0.39 is 59.9 Å². The highest BCUT2D eigenvalue weighted by Gasteiger charge is 2.52. The molecule has 44 heavy (non-hydrogen) atoms. The lowest BCUT2D eigenvalue weighted by Crippen LogP contribution is -2.57. The van der Waals surface area contributed by atoms with E-state index in [9.17, 15) is 24.0 Å². The summed E-state index contributed by atoms with van der Waals surface area (Å²) in [5.74, 6) is -3.86. The number of benzene rings is 1. The van der Waals surface area contributed by atoms with Gasteiger partial charge in [-0.1, -0.05) is 18.2 Å². The molecule has 0 radical (unpaired) electrons. The molecule has 0 saturated carbocycles. The average Bonchev–Trinajstić information content (AvgIpc) is 3.70. The number of para-hydroxylation sites is 1. The Morgan fingerprint density at radius 2 is 1.70 bits per heavy atom. The minimum atomic E-state index is -1.24. The second-order valence-electron chi connectivity index (χ2n) is 10.0. The summed E-state index contributed by atoms with van der Waals surface area (Å²) in [6.07, 6.45) is -0.283. The monoisotopic (exact) mass is 611 g/mol. The molecule has 10 N–H and O–H groups in total. The molecule has 1 saturated heterocycles. The van der Waals surface area contributed by atoms with Crippen molar-refractivity contribution in [3.63, 3.8) is 0 Å². The van der Waals surface area contributed by atoms with E-state index in [0.717, 1.165) is 16.5 Å². The number of nitrogens with one attached hydrogen (secondary N) is 4. The summed E-state index contributed by atoms with van der Waals surface area (Å²) >= 11 is 0. The number of nitriles is 1. The first-order valence-corrected chi connectivity index (χ1v) is 14.1. The minimum Gasteiger partial charge on any atom is -0.464 e. The van der Waals surface area contributed by atoms with Crippen LogP contribution in [0.4, 0.5) is 0 Å². The number of nitrogens with zero attached hydrogens (tertiary/aromatic N) is 2. The minimum absolute atomic E-state index is 0.0580. The van der Waals surface area contributed by atoms with Gasteiger partial charge in [0.05, 0.1) is 12.7 Å². The second kappa shape index (κ2) is 15.9. The van der Waals surface area contributed by atoms with Gasteiger partial charge in [-0.3, -0.25) is 24.2 Å². The predicted molar refractivity (Wildman–Crippen MR) is 157 cm³/mol. The second-order valence-corrected chi connectivity index (χ2v) is 10.0. The normalized spacial score (nSPS) is 17.3. The van der Waals surface area contributed by atoms with Gasteiger partial charge in [-0.2, -0.15) is 5.26 Å². The Bertz CT molecular complexity index is 1430. The van der Waals surface area contributed by atoms with E-state index in [2.05, 4.69) is 25.9 Å². The van der Waals surface area contributed by atoms with E-state index in [1.54, 1.807) is 13.1 Å². The highest BCUT2D eigenvalue weighted by molar-refractivity contribution is 5.97. The van der Waals surface area contributed by atoms with Gasteiger partial charge >= 0.3 is 5.97 Å². The van der Waals surface area contributed by atoms with Crippen molar-refractivity contribution in [1.82, 2.24) is 20.9 Å². The SMILES string of the molecule is CCOC(=O)C1OC1C(=O)NC(CCC#N)C(=O)NC(CCCN=C(N)N)C(=O)NC(Cc1c[nH]c2ccccc12)C(N)=O. The number of hydrogen-bond acceptors (Lipinski definition) is 9. The molecule has 5 atom stereocenters. The van der Waals surface area contributed by atoms with Crippen LogP contribution in [0.3, 0.4) is 0 Å². The number of H-pyrrole nitrogens is 1. The van der Waals surface area contributed by atoms with Crippen molar-refractivity contribution >= 4 is 46.5 Å². The number of epoxide rings is 1. The van der Waals surface area contributed by atoms with Crippen LogP contribution in [0.2, 0.25) is 0 Å². The Morgan fingerprint density at radius 1 is 1.02 bits per heavy atom. The van der Waals surface area contributed by atoms with Crippen LogP contribution < -0.4 is 33.2 Å². The average molecular weight is 612 g/mol. The lowest BCUT2D eigenvalue weighted by Gasteiger charge is -2.24. The first-order valence-electron chi connectivity index (χ1n) is 14.1. The van der Waals surface area contributed by atoms with Crippen LogP contribution in [0.5, 0.6) is 0 Å². The highest BCUT2D eigenvalue weighted by Crippen LogP contribution is 2.24. The predicted octanol–water partition coefficient (Wildman–Crippen LogP) is -1.66.